The van der Waals surface area contributed by atoms with Crippen molar-refractivity contribution in [3.63, 3.8) is 0 Å². The van der Waals surface area contributed by atoms with E-state index >= 15 is 0 Å². The summed E-state index contributed by atoms with van der Waals surface area (Å²) >= 11 is 0. The minimum atomic E-state index is -0.778. The largest absolute Gasteiger partial charge is 0.462 e. The molecule has 72 heavy (non-hydrogen) atoms. The van der Waals surface area contributed by atoms with E-state index in [0.717, 1.165) is 83.5 Å². The molecule has 0 amide bonds. The van der Waals surface area contributed by atoms with E-state index in [4.69, 9.17) is 14.2 Å². The van der Waals surface area contributed by atoms with Gasteiger partial charge in [0, 0.05) is 19.3 Å². The predicted molar refractivity (Wildman–Crippen MR) is 312 cm³/mol. The van der Waals surface area contributed by atoms with Crippen molar-refractivity contribution in [3.8, 4) is 0 Å². The molecule has 0 spiro atoms. The van der Waals surface area contributed by atoms with Crippen LogP contribution in [0.15, 0.2) is 48.6 Å². The molecule has 1 unspecified atom stereocenters. The van der Waals surface area contributed by atoms with E-state index in [9.17, 15) is 14.4 Å². The second-order valence-corrected chi connectivity index (χ2v) is 21.3. The summed E-state index contributed by atoms with van der Waals surface area (Å²) in [5, 5.41) is 0. The second-order valence-electron chi connectivity index (χ2n) is 21.3. The molecule has 0 aromatic carbocycles. The third-order valence-electron chi connectivity index (χ3n) is 14.1. The zero-order chi connectivity index (χ0) is 52.2. The normalized spacial score (nSPS) is 12.3. The number of hydrogen-bond donors (Lipinski definition) is 0. The average Bonchev–Trinajstić information content (AvgIpc) is 3.38. The van der Waals surface area contributed by atoms with E-state index in [2.05, 4.69) is 69.4 Å². The van der Waals surface area contributed by atoms with Gasteiger partial charge in [-0.25, -0.2) is 0 Å². The Hall–Kier alpha value is -2.63. The van der Waals surface area contributed by atoms with Gasteiger partial charge in [0.2, 0.25) is 0 Å². The summed E-state index contributed by atoms with van der Waals surface area (Å²) in [5.74, 6) is -0.871. The van der Waals surface area contributed by atoms with Crippen LogP contribution in [0, 0.1) is 0 Å². The maximum absolute atomic E-state index is 12.9. The zero-order valence-corrected chi connectivity index (χ0v) is 48.2. The van der Waals surface area contributed by atoms with Crippen molar-refractivity contribution in [1.82, 2.24) is 0 Å². The molecule has 0 bridgehead atoms. The van der Waals surface area contributed by atoms with E-state index in [1.165, 1.54) is 212 Å². The summed E-state index contributed by atoms with van der Waals surface area (Å²) in [4.78, 5) is 38.3. The molecule has 0 N–H and O–H groups in total. The predicted octanol–water partition coefficient (Wildman–Crippen LogP) is 21.4. The first-order chi connectivity index (χ1) is 35.5. The summed E-state index contributed by atoms with van der Waals surface area (Å²) in [6, 6.07) is 0. The first-order valence-electron chi connectivity index (χ1n) is 31.6. The summed E-state index contributed by atoms with van der Waals surface area (Å²) in [5.41, 5.74) is 0. The van der Waals surface area contributed by atoms with E-state index in [0.29, 0.717) is 19.3 Å². The molecule has 0 aromatic heterocycles. The van der Waals surface area contributed by atoms with Crippen LogP contribution in [0.3, 0.4) is 0 Å². The lowest BCUT2D eigenvalue weighted by Gasteiger charge is -2.18. The molecule has 420 valence electrons. The average molecular weight is 1010 g/mol. The van der Waals surface area contributed by atoms with E-state index in [-0.39, 0.29) is 31.1 Å². The Morgan fingerprint density at radius 2 is 0.500 bits per heavy atom. The van der Waals surface area contributed by atoms with Gasteiger partial charge >= 0.3 is 17.9 Å². The number of carbonyl (C=O) groups excluding carboxylic acids is 3. The summed E-state index contributed by atoms with van der Waals surface area (Å²) in [6.07, 6.45) is 75.4. The van der Waals surface area contributed by atoms with Crippen molar-refractivity contribution in [2.24, 2.45) is 0 Å². The minimum absolute atomic E-state index is 0.0752. The Labute approximate surface area is 448 Å². The van der Waals surface area contributed by atoms with Crippen molar-refractivity contribution >= 4 is 17.9 Å². The molecule has 0 heterocycles. The number of rotatable bonds is 58. The Morgan fingerprint density at radius 3 is 0.792 bits per heavy atom. The van der Waals surface area contributed by atoms with Gasteiger partial charge in [-0.3, -0.25) is 14.4 Å². The minimum Gasteiger partial charge on any atom is -0.462 e. The lowest BCUT2D eigenvalue weighted by molar-refractivity contribution is -0.167. The summed E-state index contributed by atoms with van der Waals surface area (Å²) in [6.45, 7) is 6.64. The van der Waals surface area contributed by atoms with Gasteiger partial charge in [-0.1, -0.05) is 281 Å². The first-order valence-corrected chi connectivity index (χ1v) is 31.6. The highest BCUT2D eigenvalue weighted by molar-refractivity contribution is 5.71. The van der Waals surface area contributed by atoms with Crippen LogP contribution in [0.5, 0.6) is 0 Å². The first kappa shape index (κ1) is 69.4. The van der Waals surface area contributed by atoms with Crippen molar-refractivity contribution in [1.29, 1.82) is 0 Å². The van der Waals surface area contributed by atoms with E-state index in [1.807, 2.05) is 0 Å². The third kappa shape index (κ3) is 58.3. The fraction of sp³-hybridized carbons (Fsp3) is 0.833. The smallest absolute Gasteiger partial charge is 0.306 e. The topological polar surface area (TPSA) is 78.9 Å². The number of ether oxygens (including phenoxy) is 3. The number of allylic oxidation sites excluding steroid dienone is 8. The Balaban J connectivity index is 4.31. The van der Waals surface area contributed by atoms with Gasteiger partial charge in [0.1, 0.15) is 13.2 Å². The molecule has 0 saturated carbocycles. The van der Waals surface area contributed by atoms with Gasteiger partial charge < -0.3 is 14.2 Å². The van der Waals surface area contributed by atoms with E-state index < -0.39 is 6.10 Å². The molecule has 1 atom stereocenters. The highest BCUT2D eigenvalue weighted by atomic mass is 16.6. The van der Waals surface area contributed by atoms with Gasteiger partial charge in [-0.2, -0.15) is 0 Å². The molecule has 0 radical (unpaired) electrons. The van der Waals surface area contributed by atoms with Crippen LogP contribution in [0.2, 0.25) is 0 Å². The van der Waals surface area contributed by atoms with Gasteiger partial charge in [-0.15, -0.1) is 0 Å². The SMILES string of the molecule is CCCCC/C=C\C/C=C\CCCCCCCC(=O)OCC(COC(=O)CCCCCCCCCCCCC/C=C\C/C=C\CCCCCCC)OC(=O)CCCCCCCCCCCCCCCCCC. The summed E-state index contributed by atoms with van der Waals surface area (Å²) < 4.78 is 16.9. The van der Waals surface area contributed by atoms with Crippen LogP contribution in [0.1, 0.15) is 335 Å². The van der Waals surface area contributed by atoms with Gasteiger partial charge in [0.25, 0.3) is 0 Å². The molecule has 0 aliphatic heterocycles. The summed E-state index contributed by atoms with van der Waals surface area (Å²) in [7, 11) is 0. The molecule has 0 aliphatic rings. The second kappa shape index (κ2) is 60.9. The van der Waals surface area contributed by atoms with Crippen LogP contribution in [0.25, 0.3) is 0 Å². The molecule has 0 rings (SSSR count). The fourth-order valence-electron chi connectivity index (χ4n) is 9.27. The molecule has 0 fully saturated rings. The fourth-order valence-corrected chi connectivity index (χ4v) is 9.27. The van der Waals surface area contributed by atoms with Gasteiger partial charge in [0.05, 0.1) is 0 Å². The lowest BCUT2D eigenvalue weighted by atomic mass is 10.0. The van der Waals surface area contributed by atoms with Crippen LogP contribution < -0.4 is 0 Å². The number of esters is 3. The van der Waals surface area contributed by atoms with Crippen molar-refractivity contribution in [2.45, 2.75) is 341 Å². The molecular weight excluding hydrogens is 889 g/mol. The van der Waals surface area contributed by atoms with Gasteiger partial charge in [-0.05, 0) is 83.5 Å². The van der Waals surface area contributed by atoms with Crippen molar-refractivity contribution in [3.05, 3.63) is 48.6 Å². The van der Waals surface area contributed by atoms with Crippen LogP contribution in [0.4, 0.5) is 0 Å². The molecule has 6 nitrogen and oxygen atoms in total. The Kier molecular flexibility index (Phi) is 58.7. The Bertz CT molecular complexity index is 1250. The highest BCUT2D eigenvalue weighted by Gasteiger charge is 2.19. The molecular formula is C66H120O6. The molecule has 0 saturated heterocycles. The molecule has 6 heteroatoms. The van der Waals surface area contributed by atoms with Crippen LogP contribution in [-0.2, 0) is 28.6 Å². The number of carbonyl (C=O) groups is 3. The number of unbranched alkanes of at least 4 members (excludes halogenated alkanes) is 39. The molecule has 0 aliphatic carbocycles. The Morgan fingerprint density at radius 1 is 0.278 bits per heavy atom. The standard InChI is InChI=1S/C66H120O6/c1-4-7-10-13-16-19-22-25-28-30-31-32-33-34-35-36-39-41-44-47-50-53-56-59-65(68)71-62-63(61-70-64(67)58-55-52-49-46-43-40-37-27-24-21-18-15-12-9-6-3)72-66(69)60-57-54-51-48-45-42-38-29-26-23-20-17-14-11-8-5-2/h18,21-22,25,27,30-31,37,63H,4-17,19-20,23-24,26,28-29,32-36,38-62H2,1-3H3/b21-18-,25-22-,31-30-,37-27-. The van der Waals surface area contributed by atoms with Crippen molar-refractivity contribution < 1.29 is 28.6 Å². The highest BCUT2D eigenvalue weighted by Crippen LogP contribution is 2.17. The quantitative estimate of drug-likeness (QED) is 0.0261. The maximum Gasteiger partial charge on any atom is 0.306 e. The van der Waals surface area contributed by atoms with Crippen LogP contribution in [-0.4, -0.2) is 37.2 Å². The van der Waals surface area contributed by atoms with E-state index in [1.54, 1.807) is 0 Å². The molecule has 0 aromatic rings. The zero-order valence-electron chi connectivity index (χ0n) is 48.2. The number of hydrogen-bond acceptors (Lipinski definition) is 6. The third-order valence-corrected chi connectivity index (χ3v) is 14.1. The van der Waals surface area contributed by atoms with Crippen molar-refractivity contribution in [2.75, 3.05) is 13.2 Å². The lowest BCUT2D eigenvalue weighted by Crippen LogP contribution is -2.30. The maximum atomic E-state index is 12.9. The monoisotopic (exact) mass is 1010 g/mol. The van der Waals surface area contributed by atoms with Crippen LogP contribution >= 0.6 is 0 Å². The van der Waals surface area contributed by atoms with Gasteiger partial charge in [0.15, 0.2) is 6.10 Å².